The Morgan fingerprint density at radius 3 is 2.68 bits per heavy atom. The van der Waals surface area contributed by atoms with Crippen molar-refractivity contribution < 1.29 is 9.90 Å². The zero-order valence-electron chi connectivity index (χ0n) is 10.2. The van der Waals surface area contributed by atoms with Crippen LogP contribution in [0.4, 0.5) is 0 Å². The molecule has 0 aliphatic heterocycles. The van der Waals surface area contributed by atoms with E-state index in [1.165, 1.54) is 0 Å². The average Bonchev–Trinajstić information content (AvgIpc) is 2.82. The number of carbonyl (C=O) groups is 1. The first kappa shape index (κ1) is 11.5. The second-order valence-electron chi connectivity index (χ2n) is 4.31. The average molecular weight is 252 g/mol. The third kappa shape index (κ3) is 2.08. The Labute approximate surface area is 109 Å². The van der Waals surface area contributed by atoms with Crippen LogP contribution in [-0.2, 0) is 11.2 Å². The highest BCUT2D eigenvalue weighted by Gasteiger charge is 2.10. The maximum absolute atomic E-state index is 10.9. The highest BCUT2D eigenvalue weighted by Crippen LogP contribution is 2.21. The van der Waals surface area contributed by atoms with Crippen molar-refractivity contribution in [2.24, 2.45) is 0 Å². The van der Waals surface area contributed by atoms with E-state index in [0.29, 0.717) is 0 Å². The molecule has 0 saturated carbocycles. The molecule has 0 amide bonds. The van der Waals surface area contributed by atoms with Crippen molar-refractivity contribution in [1.82, 2.24) is 9.78 Å². The quantitative estimate of drug-likeness (QED) is 0.779. The van der Waals surface area contributed by atoms with Crippen LogP contribution in [0, 0.1) is 0 Å². The number of hydrogen-bond acceptors (Lipinski definition) is 2. The smallest absolute Gasteiger partial charge is 0.307 e. The lowest BCUT2D eigenvalue weighted by Gasteiger charge is -2.08. The summed E-state index contributed by atoms with van der Waals surface area (Å²) in [5.74, 6) is -0.844. The number of carboxylic acid groups (broad SMARTS) is 1. The molecule has 0 aliphatic carbocycles. The molecule has 0 unspecified atom stereocenters. The van der Waals surface area contributed by atoms with Gasteiger partial charge in [-0.05, 0) is 17.7 Å². The van der Waals surface area contributed by atoms with Crippen LogP contribution in [-0.4, -0.2) is 20.9 Å². The summed E-state index contributed by atoms with van der Waals surface area (Å²) in [6, 6.07) is 15.3. The number of aliphatic carboxylic acids is 1. The molecule has 0 saturated heterocycles. The van der Waals surface area contributed by atoms with Crippen LogP contribution in [0.25, 0.3) is 16.6 Å². The van der Waals surface area contributed by atoms with Gasteiger partial charge in [0.2, 0.25) is 0 Å². The van der Waals surface area contributed by atoms with Crippen molar-refractivity contribution >= 4 is 16.9 Å². The van der Waals surface area contributed by atoms with Gasteiger partial charge in [-0.2, -0.15) is 5.10 Å². The number of hydrogen-bond donors (Lipinski definition) is 1. The molecule has 0 aliphatic rings. The minimum atomic E-state index is -0.844. The Morgan fingerprint density at radius 1 is 1.11 bits per heavy atom. The van der Waals surface area contributed by atoms with Crippen LogP contribution in [0.2, 0.25) is 0 Å². The van der Waals surface area contributed by atoms with Crippen molar-refractivity contribution in [1.29, 1.82) is 0 Å². The largest absolute Gasteiger partial charge is 0.481 e. The Bertz CT molecular complexity index is 746. The molecule has 1 aromatic heterocycles. The SMILES string of the molecule is O=C(O)Cc1ccccc1-n1ncc2ccccc21. The van der Waals surface area contributed by atoms with Crippen molar-refractivity contribution in [2.45, 2.75) is 6.42 Å². The summed E-state index contributed by atoms with van der Waals surface area (Å²) in [4.78, 5) is 10.9. The van der Waals surface area contributed by atoms with Gasteiger partial charge in [0.25, 0.3) is 0 Å². The standard InChI is InChI=1S/C15H12N2O2/c18-15(19)9-11-5-1-3-7-13(11)17-14-8-4-2-6-12(14)10-16-17/h1-8,10H,9H2,(H,18,19). The number of aromatic nitrogens is 2. The first-order valence-electron chi connectivity index (χ1n) is 5.98. The predicted octanol–water partition coefficient (Wildman–Crippen LogP) is 2.65. The molecule has 1 heterocycles. The second kappa shape index (κ2) is 4.57. The molecule has 0 radical (unpaired) electrons. The molecule has 0 fully saturated rings. The van der Waals surface area contributed by atoms with Crippen LogP contribution in [0.15, 0.2) is 54.7 Å². The molecule has 19 heavy (non-hydrogen) atoms. The molecule has 0 spiro atoms. The van der Waals surface area contributed by atoms with Gasteiger partial charge in [0.15, 0.2) is 0 Å². The monoisotopic (exact) mass is 252 g/mol. The molecular formula is C15H12N2O2. The number of fused-ring (bicyclic) bond motifs is 1. The molecule has 4 nitrogen and oxygen atoms in total. The van der Waals surface area contributed by atoms with Gasteiger partial charge in [0, 0.05) is 5.39 Å². The maximum atomic E-state index is 10.9. The minimum Gasteiger partial charge on any atom is -0.481 e. The summed E-state index contributed by atoms with van der Waals surface area (Å²) in [7, 11) is 0. The summed E-state index contributed by atoms with van der Waals surface area (Å²) < 4.78 is 1.79. The van der Waals surface area contributed by atoms with Crippen LogP contribution in [0.3, 0.4) is 0 Å². The van der Waals surface area contributed by atoms with Gasteiger partial charge in [-0.1, -0.05) is 36.4 Å². The Balaban J connectivity index is 2.19. The maximum Gasteiger partial charge on any atom is 0.307 e. The van der Waals surface area contributed by atoms with E-state index in [9.17, 15) is 4.79 Å². The topological polar surface area (TPSA) is 55.1 Å². The lowest BCUT2D eigenvalue weighted by atomic mass is 10.1. The summed E-state index contributed by atoms with van der Waals surface area (Å²) in [6.45, 7) is 0. The van der Waals surface area contributed by atoms with Crippen LogP contribution in [0.5, 0.6) is 0 Å². The number of rotatable bonds is 3. The molecule has 3 aromatic rings. The molecule has 4 heteroatoms. The molecule has 0 bridgehead atoms. The van der Waals surface area contributed by atoms with E-state index < -0.39 is 5.97 Å². The number of para-hydroxylation sites is 2. The fourth-order valence-electron chi connectivity index (χ4n) is 2.19. The van der Waals surface area contributed by atoms with Gasteiger partial charge in [-0.3, -0.25) is 4.79 Å². The predicted molar refractivity (Wildman–Crippen MR) is 72.4 cm³/mol. The van der Waals surface area contributed by atoms with E-state index in [4.69, 9.17) is 5.11 Å². The first-order valence-corrected chi connectivity index (χ1v) is 5.98. The fourth-order valence-corrected chi connectivity index (χ4v) is 2.19. The highest BCUT2D eigenvalue weighted by molar-refractivity contribution is 5.81. The molecule has 1 N–H and O–H groups in total. The first-order chi connectivity index (χ1) is 9.25. The van der Waals surface area contributed by atoms with E-state index in [0.717, 1.165) is 22.2 Å². The van der Waals surface area contributed by atoms with Gasteiger partial charge < -0.3 is 5.11 Å². The van der Waals surface area contributed by atoms with Gasteiger partial charge >= 0.3 is 5.97 Å². The van der Waals surface area contributed by atoms with Crippen molar-refractivity contribution in [3.8, 4) is 5.69 Å². The second-order valence-corrected chi connectivity index (χ2v) is 4.31. The van der Waals surface area contributed by atoms with Crippen molar-refractivity contribution in [3.63, 3.8) is 0 Å². The Morgan fingerprint density at radius 2 is 1.84 bits per heavy atom. The van der Waals surface area contributed by atoms with E-state index in [-0.39, 0.29) is 6.42 Å². The third-order valence-corrected chi connectivity index (χ3v) is 3.04. The Kier molecular flexibility index (Phi) is 2.76. The van der Waals surface area contributed by atoms with Crippen LogP contribution in [0.1, 0.15) is 5.56 Å². The molecule has 0 atom stereocenters. The van der Waals surface area contributed by atoms with Crippen LogP contribution < -0.4 is 0 Å². The van der Waals surface area contributed by atoms with E-state index in [2.05, 4.69) is 5.10 Å². The summed E-state index contributed by atoms with van der Waals surface area (Å²) in [5.41, 5.74) is 2.54. The molecule has 2 aromatic carbocycles. The lowest BCUT2D eigenvalue weighted by molar-refractivity contribution is -0.136. The number of benzene rings is 2. The zero-order chi connectivity index (χ0) is 13.2. The van der Waals surface area contributed by atoms with Gasteiger partial charge in [0.1, 0.15) is 0 Å². The molecule has 94 valence electrons. The number of carboxylic acids is 1. The van der Waals surface area contributed by atoms with Gasteiger partial charge in [-0.15, -0.1) is 0 Å². The van der Waals surface area contributed by atoms with E-state index >= 15 is 0 Å². The fraction of sp³-hybridized carbons (Fsp3) is 0.0667. The summed E-state index contributed by atoms with van der Waals surface area (Å²) >= 11 is 0. The lowest BCUT2D eigenvalue weighted by Crippen LogP contribution is -2.06. The summed E-state index contributed by atoms with van der Waals surface area (Å²) in [6.07, 6.45) is 1.78. The highest BCUT2D eigenvalue weighted by atomic mass is 16.4. The third-order valence-electron chi connectivity index (χ3n) is 3.04. The zero-order valence-corrected chi connectivity index (χ0v) is 10.2. The van der Waals surface area contributed by atoms with Gasteiger partial charge in [-0.25, -0.2) is 4.68 Å². The Hall–Kier alpha value is -2.62. The van der Waals surface area contributed by atoms with Crippen molar-refractivity contribution in [2.75, 3.05) is 0 Å². The molecule has 3 rings (SSSR count). The summed E-state index contributed by atoms with van der Waals surface area (Å²) in [5, 5.41) is 14.4. The minimum absolute atomic E-state index is 0.00956. The normalized spacial score (nSPS) is 10.7. The number of nitrogens with zero attached hydrogens (tertiary/aromatic N) is 2. The van der Waals surface area contributed by atoms with Crippen LogP contribution >= 0.6 is 0 Å². The van der Waals surface area contributed by atoms with E-state index in [1.807, 2.05) is 48.5 Å². The van der Waals surface area contributed by atoms with E-state index in [1.54, 1.807) is 10.9 Å². The van der Waals surface area contributed by atoms with Gasteiger partial charge in [0.05, 0.1) is 23.8 Å². The van der Waals surface area contributed by atoms with Crippen molar-refractivity contribution in [3.05, 3.63) is 60.3 Å². The molecular weight excluding hydrogens is 240 g/mol.